The molecule has 0 saturated carbocycles. The average Bonchev–Trinajstić information content (AvgIpc) is 2.61. The van der Waals surface area contributed by atoms with Crippen LogP contribution in [0.4, 0.5) is 5.69 Å². The number of rotatable bonds is 3. The number of nitrogens with one attached hydrogen (secondary N) is 1. The van der Waals surface area contributed by atoms with E-state index in [9.17, 15) is 14.7 Å². The summed E-state index contributed by atoms with van der Waals surface area (Å²) in [5.41, 5.74) is 2.08. The maximum atomic E-state index is 12.9. The molecule has 1 saturated heterocycles. The molecule has 2 N–H and O–H groups in total. The highest BCUT2D eigenvalue weighted by atomic mass is 32.1. The maximum absolute atomic E-state index is 12.9. The Morgan fingerprint density at radius 1 is 1.15 bits per heavy atom. The second kappa shape index (κ2) is 6.97. The zero-order valence-electron chi connectivity index (χ0n) is 14.1. The number of hydrogen-bond acceptors (Lipinski definition) is 5. The Balaban J connectivity index is 2.01. The number of methoxy groups -OCH3 is 1. The van der Waals surface area contributed by atoms with E-state index in [2.05, 4.69) is 5.32 Å². The lowest BCUT2D eigenvalue weighted by Gasteiger charge is -2.29. The molecule has 2 aromatic rings. The number of carbonyl (C=O) groups is 2. The molecule has 0 bridgehead atoms. The second-order valence-corrected chi connectivity index (χ2v) is 6.11. The highest BCUT2D eigenvalue weighted by Gasteiger charge is 2.34. The first-order valence-corrected chi connectivity index (χ1v) is 8.16. The van der Waals surface area contributed by atoms with Gasteiger partial charge in [-0.2, -0.15) is 0 Å². The largest absolute Gasteiger partial charge is 0.504 e. The minimum Gasteiger partial charge on any atom is -0.504 e. The summed E-state index contributed by atoms with van der Waals surface area (Å²) in [5.74, 6) is -0.879. The molecule has 2 aromatic carbocycles. The minimum absolute atomic E-state index is 0.0310. The van der Waals surface area contributed by atoms with Crippen molar-refractivity contribution in [1.82, 2.24) is 5.32 Å². The maximum Gasteiger partial charge on any atom is 0.270 e. The number of hydrogen-bond donors (Lipinski definition) is 2. The van der Waals surface area contributed by atoms with E-state index >= 15 is 0 Å². The van der Waals surface area contributed by atoms with Crippen molar-refractivity contribution in [2.45, 2.75) is 6.92 Å². The monoisotopic (exact) mass is 368 g/mol. The summed E-state index contributed by atoms with van der Waals surface area (Å²) in [7, 11) is 1.42. The summed E-state index contributed by atoms with van der Waals surface area (Å²) in [6.45, 7) is 1.94. The van der Waals surface area contributed by atoms with E-state index in [0.717, 1.165) is 5.56 Å². The molecular weight excluding hydrogens is 352 g/mol. The Kier molecular flexibility index (Phi) is 4.73. The number of aryl methyl sites for hydroxylation is 1. The molecule has 0 aliphatic carbocycles. The van der Waals surface area contributed by atoms with Gasteiger partial charge in [-0.05, 0) is 55.0 Å². The number of thiocarbonyl (C=S) groups is 1. The van der Waals surface area contributed by atoms with Crippen molar-refractivity contribution >= 4 is 40.9 Å². The Morgan fingerprint density at radius 3 is 2.50 bits per heavy atom. The molecule has 2 amide bonds. The zero-order valence-corrected chi connectivity index (χ0v) is 15.0. The molecule has 1 heterocycles. The summed E-state index contributed by atoms with van der Waals surface area (Å²) in [6.07, 6.45) is 1.43. The smallest absolute Gasteiger partial charge is 0.270 e. The van der Waals surface area contributed by atoms with E-state index < -0.39 is 11.8 Å². The lowest BCUT2D eigenvalue weighted by molar-refractivity contribution is -0.122. The van der Waals surface area contributed by atoms with E-state index in [4.69, 9.17) is 17.0 Å². The first-order chi connectivity index (χ1) is 12.4. The van der Waals surface area contributed by atoms with Crippen LogP contribution in [0.25, 0.3) is 6.08 Å². The van der Waals surface area contributed by atoms with Crippen LogP contribution in [0.2, 0.25) is 0 Å². The number of anilines is 1. The normalized spacial score (nSPS) is 16.0. The van der Waals surface area contributed by atoms with Gasteiger partial charge in [0, 0.05) is 0 Å². The molecule has 132 valence electrons. The Labute approximate surface area is 155 Å². The lowest BCUT2D eigenvalue weighted by Crippen LogP contribution is -2.54. The first-order valence-electron chi connectivity index (χ1n) is 7.76. The highest BCUT2D eigenvalue weighted by molar-refractivity contribution is 7.80. The Bertz CT molecular complexity index is 935. The zero-order chi connectivity index (χ0) is 18.8. The standard InChI is InChI=1S/C19H16N2O4S/c1-11-3-6-13(7-4-11)21-18(24)14(17(23)20-19(21)26)9-12-5-8-15(22)16(10-12)25-2/h3-10,22H,1-2H3,(H,20,23,26). The van der Waals surface area contributed by atoms with Gasteiger partial charge < -0.3 is 9.84 Å². The number of nitrogens with zero attached hydrogens (tertiary/aromatic N) is 1. The Morgan fingerprint density at radius 2 is 1.85 bits per heavy atom. The van der Waals surface area contributed by atoms with Crippen LogP contribution in [0, 0.1) is 6.92 Å². The van der Waals surface area contributed by atoms with Gasteiger partial charge in [-0.3, -0.25) is 19.8 Å². The quantitative estimate of drug-likeness (QED) is 0.495. The fraction of sp³-hybridized carbons (Fsp3) is 0.105. The molecule has 0 unspecified atom stereocenters. The van der Waals surface area contributed by atoms with E-state index in [0.29, 0.717) is 11.3 Å². The van der Waals surface area contributed by atoms with E-state index in [1.807, 2.05) is 19.1 Å². The van der Waals surface area contributed by atoms with Crippen LogP contribution >= 0.6 is 12.2 Å². The van der Waals surface area contributed by atoms with Crippen LogP contribution in [-0.2, 0) is 9.59 Å². The number of phenolic OH excluding ortho intramolecular Hbond substituents is 1. The molecule has 3 rings (SSSR count). The van der Waals surface area contributed by atoms with Crippen molar-refractivity contribution in [2.24, 2.45) is 0 Å². The fourth-order valence-electron chi connectivity index (χ4n) is 2.54. The number of carbonyl (C=O) groups excluding carboxylic acids is 2. The Hall–Kier alpha value is -3.19. The molecule has 1 fully saturated rings. The summed E-state index contributed by atoms with van der Waals surface area (Å²) in [5, 5.41) is 12.2. The van der Waals surface area contributed by atoms with Crippen molar-refractivity contribution in [1.29, 1.82) is 0 Å². The van der Waals surface area contributed by atoms with Crippen LogP contribution < -0.4 is 15.0 Å². The van der Waals surface area contributed by atoms with Crippen LogP contribution in [0.15, 0.2) is 48.0 Å². The highest BCUT2D eigenvalue weighted by Crippen LogP contribution is 2.28. The summed E-state index contributed by atoms with van der Waals surface area (Å²) in [4.78, 5) is 26.4. The third-order valence-corrected chi connectivity index (χ3v) is 4.19. The van der Waals surface area contributed by atoms with Crippen LogP contribution in [0.5, 0.6) is 11.5 Å². The summed E-state index contributed by atoms with van der Waals surface area (Å²) < 4.78 is 5.05. The number of phenols is 1. The van der Waals surface area contributed by atoms with E-state index in [-0.39, 0.29) is 22.2 Å². The molecule has 0 aromatic heterocycles. The fourth-order valence-corrected chi connectivity index (χ4v) is 2.82. The minimum atomic E-state index is -0.574. The van der Waals surface area contributed by atoms with Crippen molar-refractivity contribution in [3.8, 4) is 11.5 Å². The molecule has 0 spiro atoms. The molecule has 0 radical (unpaired) electrons. The van der Waals surface area contributed by atoms with Gasteiger partial charge in [-0.1, -0.05) is 23.8 Å². The van der Waals surface area contributed by atoms with Gasteiger partial charge >= 0.3 is 0 Å². The van der Waals surface area contributed by atoms with Gasteiger partial charge in [0.2, 0.25) is 0 Å². The third kappa shape index (κ3) is 3.29. The third-order valence-electron chi connectivity index (χ3n) is 3.91. The number of benzene rings is 2. The van der Waals surface area contributed by atoms with Gasteiger partial charge in [0.15, 0.2) is 16.6 Å². The average molecular weight is 368 g/mol. The van der Waals surface area contributed by atoms with Crippen LogP contribution in [-0.4, -0.2) is 29.1 Å². The second-order valence-electron chi connectivity index (χ2n) is 5.72. The summed E-state index contributed by atoms with van der Waals surface area (Å²) >= 11 is 5.16. The summed E-state index contributed by atoms with van der Waals surface area (Å²) in [6, 6.07) is 11.8. The predicted molar refractivity (Wildman–Crippen MR) is 102 cm³/mol. The SMILES string of the molecule is COc1cc(C=C2C(=O)NC(=S)N(c3ccc(C)cc3)C2=O)ccc1O. The number of ether oxygens (including phenoxy) is 1. The van der Waals surface area contributed by atoms with Crippen LogP contribution in [0.1, 0.15) is 11.1 Å². The molecule has 6 nitrogen and oxygen atoms in total. The number of amides is 2. The van der Waals surface area contributed by atoms with E-state index in [1.165, 1.54) is 30.2 Å². The van der Waals surface area contributed by atoms with Gasteiger partial charge in [0.25, 0.3) is 11.8 Å². The van der Waals surface area contributed by atoms with Crippen molar-refractivity contribution in [2.75, 3.05) is 12.0 Å². The van der Waals surface area contributed by atoms with Gasteiger partial charge in [0.05, 0.1) is 12.8 Å². The van der Waals surface area contributed by atoms with Gasteiger partial charge in [-0.15, -0.1) is 0 Å². The number of aromatic hydroxyl groups is 1. The molecule has 26 heavy (non-hydrogen) atoms. The van der Waals surface area contributed by atoms with Crippen molar-refractivity contribution in [3.05, 3.63) is 59.2 Å². The lowest BCUT2D eigenvalue weighted by atomic mass is 10.1. The van der Waals surface area contributed by atoms with Crippen molar-refractivity contribution in [3.63, 3.8) is 0 Å². The molecule has 1 aliphatic rings. The molecule has 7 heteroatoms. The van der Waals surface area contributed by atoms with E-state index in [1.54, 1.807) is 18.2 Å². The van der Waals surface area contributed by atoms with Gasteiger partial charge in [-0.25, -0.2) is 0 Å². The van der Waals surface area contributed by atoms with Crippen LogP contribution in [0.3, 0.4) is 0 Å². The topological polar surface area (TPSA) is 78.9 Å². The molecule has 1 aliphatic heterocycles. The molecule has 0 atom stereocenters. The predicted octanol–water partition coefficient (Wildman–Crippen LogP) is 2.54. The van der Waals surface area contributed by atoms with Crippen molar-refractivity contribution < 1.29 is 19.4 Å². The molecular formula is C19H16N2O4S. The van der Waals surface area contributed by atoms with Gasteiger partial charge in [0.1, 0.15) is 5.57 Å². The first kappa shape index (κ1) is 17.6.